The van der Waals surface area contributed by atoms with Crippen LogP contribution >= 0.6 is 0 Å². The molecule has 2 fully saturated rings. The number of rotatable bonds is 3. The van der Waals surface area contributed by atoms with Gasteiger partial charge in [0.15, 0.2) is 5.82 Å². The van der Waals surface area contributed by atoms with E-state index in [0.29, 0.717) is 24.3 Å². The normalized spacial score (nSPS) is 26.6. The van der Waals surface area contributed by atoms with E-state index in [2.05, 4.69) is 34.2 Å². The summed E-state index contributed by atoms with van der Waals surface area (Å²) in [6, 6.07) is 4.56. The Bertz CT molecular complexity index is 815. The van der Waals surface area contributed by atoms with Crippen LogP contribution in [0.25, 0.3) is 11.0 Å². The van der Waals surface area contributed by atoms with E-state index >= 15 is 0 Å². The lowest BCUT2D eigenvalue weighted by Crippen LogP contribution is -2.42. The van der Waals surface area contributed by atoms with E-state index in [0.717, 1.165) is 36.2 Å². The lowest BCUT2D eigenvalue weighted by molar-refractivity contribution is -0.135. The Kier molecular flexibility index (Phi) is 3.48. The van der Waals surface area contributed by atoms with Crippen molar-refractivity contribution in [2.75, 3.05) is 25.0 Å². The summed E-state index contributed by atoms with van der Waals surface area (Å²) >= 11 is 0. The number of H-pyrrole nitrogens is 1. The number of hydrogen-bond donors (Lipinski definition) is 1. The van der Waals surface area contributed by atoms with Crippen LogP contribution in [0, 0.1) is 23.2 Å². The molecule has 2 aromatic rings. The van der Waals surface area contributed by atoms with Gasteiger partial charge in [-0.25, -0.2) is 4.68 Å². The highest BCUT2D eigenvalue weighted by molar-refractivity contribution is 5.88. The predicted molar refractivity (Wildman–Crippen MR) is 90.3 cm³/mol. The minimum atomic E-state index is 0.131. The fraction of sp³-hybridized carbons (Fsp3) is 0.588. The maximum Gasteiger partial charge on any atom is 0.223 e. The first-order chi connectivity index (χ1) is 11.6. The fourth-order valence-electron chi connectivity index (χ4n) is 4.43. The van der Waals surface area contributed by atoms with E-state index in [-0.39, 0.29) is 12.5 Å². The predicted octanol–water partition coefficient (Wildman–Crippen LogP) is 1.49. The molecule has 1 saturated heterocycles. The number of fused-ring (bicyclic) bond motifs is 2. The Balaban J connectivity index is 1.53. The maximum atomic E-state index is 12.2. The molecule has 1 aliphatic heterocycles. The first-order valence-electron chi connectivity index (χ1n) is 8.46. The van der Waals surface area contributed by atoms with Gasteiger partial charge in [0.05, 0.1) is 11.5 Å². The first-order valence-corrected chi connectivity index (χ1v) is 8.46. The van der Waals surface area contributed by atoms with Crippen molar-refractivity contribution < 1.29 is 4.79 Å². The second kappa shape index (κ2) is 5.55. The van der Waals surface area contributed by atoms with Crippen LogP contribution in [0.1, 0.15) is 19.3 Å². The van der Waals surface area contributed by atoms with Crippen molar-refractivity contribution in [3.8, 4) is 6.07 Å². The van der Waals surface area contributed by atoms with Crippen LogP contribution in [-0.2, 0) is 11.8 Å². The average molecular weight is 326 g/mol. The van der Waals surface area contributed by atoms with Crippen LogP contribution in [0.4, 0.5) is 5.82 Å². The number of nitrogens with one attached hydrogen (secondary N) is 1. The molecule has 1 saturated carbocycles. The lowest BCUT2D eigenvalue weighted by atomic mass is 9.88. The number of aryl methyl sites for hydroxylation is 1. The summed E-state index contributed by atoms with van der Waals surface area (Å²) in [5.41, 5.74) is 1.03. The summed E-state index contributed by atoms with van der Waals surface area (Å²) in [5, 5.41) is 14.7. The third-order valence-electron chi connectivity index (χ3n) is 5.74. The Morgan fingerprint density at radius 1 is 1.46 bits per heavy atom. The zero-order valence-corrected chi connectivity index (χ0v) is 14.1. The quantitative estimate of drug-likeness (QED) is 0.867. The smallest absolute Gasteiger partial charge is 0.223 e. The second-order valence-corrected chi connectivity index (χ2v) is 7.08. The number of piperidine rings is 1. The molecule has 7 nitrogen and oxygen atoms in total. The highest BCUT2D eigenvalue weighted by Gasteiger charge is 2.42. The van der Waals surface area contributed by atoms with Crippen molar-refractivity contribution in [1.29, 1.82) is 5.26 Å². The fourth-order valence-corrected chi connectivity index (χ4v) is 4.43. The Morgan fingerprint density at radius 2 is 2.25 bits per heavy atom. The molecule has 2 unspecified atom stereocenters. The molecule has 1 amide bonds. The average Bonchev–Trinajstić information content (AvgIpc) is 3.24. The van der Waals surface area contributed by atoms with Crippen LogP contribution in [0.5, 0.6) is 0 Å². The highest BCUT2D eigenvalue weighted by atomic mass is 16.2. The van der Waals surface area contributed by atoms with E-state index in [1.54, 1.807) is 4.90 Å². The monoisotopic (exact) mass is 326 g/mol. The number of hydrogen-bond acceptors (Lipinski definition) is 4. The van der Waals surface area contributed by atoms with Crippen LogP contribution in [0.15, 0.2) is 12.3 Å². The molecule has 7 heteroatoms. The van der Waals surface area contributed by atoms with Gasteiger partial charge in [0.1, 0.15) is 12.2 Å². The van der Waals surface area contributed by atoms with Crippen molar-refractivity contribution in [1.82, 2.24) is 19.7 Å². The van der Waals surface area contributed by atoms with E-state index in [1.165, 1.54) is 0 Å². The summed E-state index contributed by atoms with van der Waals surface area (Å²) < 4.78 is 1.88. The Labute approximate surface area is 140 Å². The van der Waals surface area contributed by atoms with Crippen molar-refractivity contribution in [3.63, 3.8) is 0 Å². The van der Waals surface area contributed by atoms with Gasteiger partial charge >= 0.3 is 0 Å². The van der Waals surface area contributed by atoms with Crippen LogP contribution in [0.3, 0.4) is 0 Å². The molecule has 0 spiro atoms. The van der Waals surface area contributed by atoms with Gasteiger partial charge in [-0.15, -0.1) is 0 Å². The molecule has 2 aliphatic rings. The third kappa shape index (κ3) is 2.25. The summed E-state index contributed by atoms with van der Waals surface area (Å²) in [6.07, 6.45) is 4.60. The molecule has 0 bridgehead atoms. The number of likely N-dealkylation sites (tertiary alicyclic amines) is 1. The molecule has 1 N–H and O–H groups in total. The third-order valence-corrected chi connectivity index (χ3v) is 5.74. The molecular weight excluding hydrogens is 304 g/mol. The van der Waals surface area contributed by atoms with Crippen LogP contribution < -0.4 is 4.90 Å². The first kappa shape index (κ1) is 15.1. The largest absolute Gasteiger partial charge is 0.355 e. The minimum absolute atomic E-state index is 0.131. The van der Waals surface area contributed by atoms with Gasteiger partial charge in [-0.1, -0.05) is 0 Å². The number of amides is 1. The summed E-state index contributed by atoms with van der Waals surface area (Å²) in [5.74, 6) is 2.06. The maximum absolute atomic E-state index is 12.2. The van der Waals surface area contributed by atoms with Crippen molar-refractivity contribution >= 4 is 22.8 Å². The number of nitrogens with zero attached hydrogens (tertiary/aromatic N) is 5. The minimum Gasteiger partial charge on any atom is -0.355 e. The topological polar surface area (TPSA) is 81.0 Å². The number of carbonyl (C=O) groups is 1. The molecule has 1 aliphatic carbocycles. The molecular formula is C17H22N6O. The van der Waals surface area contributed by atoms with Crippen LogP contribution in [-0.4, -0.2) is 51.8 Å². The molecule has 0 aromatic carbocycles. The van der Waals surface area contributed by atoms with Gasteiger partial charge in [-0.05, 0) is 30.7 Å². The van der Waals surface area contributed by atoms with Crippen LogP contribution in [0.2, 0.25) is 0 Å². The van der Waals surface area contributed by atoms with Gasteiger partial charge in [-0.2, -0.15) is 10.4 Å². The zero-order valence-electron chi connectivity index (χ0n) is 14.1. The van der Waals surface area contributed by atoms with E-state index in [9.17, 15) is 4.79 Å². The highest BCUT2D eigenvalue weighted by Crippen LogP contribution is 2.41. The van der Waals surface area contributed by atoms with Gasteiger partial charge in [0, 0.05) is 39.3 Å². The van der Waals surface area contributed by atoms with Gasteiger partial charge < -0.3 is 14.8 Å². The summed E-state index contributed by atoms with van der Waals surface area (Å²) in [4.78, 5) is 19.4. The molecule has 126 valence electrons. The molecule has 4 rings (SSSR count). The summed E-state index contributed by atoms with van der Waals surface area (Å²) in [7, 11) is 4.05. The molecule has 3 heterocycles. The van der Waals surface area contributed by atoms with Crippen molar-refractivity contribution in [2.24, 2.45) is 18.9 Å². The number of nitriles is 1. The number of aromatic nitrogens is 3. The standard InChI is InChI=1S/C17H22N6O/c1-21(17-14-3-5-19-16(14)22(2)20-17)13-7-11-9-15(24)23(6-4-18)10-12(11)8-13/h3,5,11-13,19H,6-10H2,1-2H3/t11?,12-,13?/m1/s1. The van der Waals surface area contributed by atoms with Gasteiger partial charge in [-0.3, -0.25) is 4.79 Å². The lowest BCUT2D eigenvalue weighted by Gasteiger charge is -2.33. The SMILES string of the molecule is CN(c1nn(C)c2[nH]ccc12)C1CC2CC(=O)N(CC#N)C[C@H]2C1. The molecule has 3 atom stereocenters. The van der Waals surface area contributed by atoms with Crippen molar-refractivity contribution in [3.05, 3.63) is 12.3 Å². The zero-order chi connectivity index (χ0) is 16.8. The Hall–Kier alpha value is -2.49. The molecule has 0 radical (unpaired) electrons. The van der Waals surface area contributed by atoms with Crippen molar-refractivity contribution in [2.45, 2.75) is 25.3 Å². The van der Waals surface area contributed by atoms with E-state index in [4.69, 9.17) is 5.26 Å². The van der Waals surface area contributed by atoms with E-state index in [1.807, 2.05) is 17.9 Å². The number of aromatic amines is 1. The number of anilines is 1. The van der Waals surface area contributed by atoms with Gasteiger partial charge in [0.25, 0.3) is 0 Å². The van der Waals surface area contributed by atoms with E-state index < -0.39 is 0 Å². The Morgan fingerprint density at radius 3 is 3.04 bits per heavy atom. The molecule has 24 heavy (non-hydrogen) atoms. The number of carbonyl (C=O) groups excluding carboxylic acids is 1. The summed E-state index contributed by atoms with van der Waals surface area (Å²) in [6.45, 7) is 0.940. The van der Waals surface area contributed by atoms with Gasteiger partial charge in [0.2, 0.25) is 5.91 Å². The second-order valence-electron chi connectivity index (χ2n) is 7.08. The molecule has 2 aromatic heterocycles.